The fraction of sp³-hybridized carbons (Fsp3) is 0.300. The standard InChI is InChI=1S/C10H10N2O3S/c13-9-3-7(16)5-12(9)8-2-1-6(4-11-8)10(14)15/h1-2,4,7,16H,3,5H2,(H,14,15). The molecule has 1 aliphatic rings. The van der Waals surface area contributed by atoms with Crippen molar-refractivity contribution in [3.8, 4) is 0 Å². The van der Waals surface area contributed by atoms with Gasteiger partial charge in [0.25, 0.3) is 0 Å². The molecule has 0 spiro atoms. The number of rotatable bonds is 2. The molecule has 0 radical (unpaired) electrons. The first-order valence-corrected chi connectivity index (χ1v) is 5.27. The zero-order valence-electron chi connectivity index (χ0n) is 8.33. The van der Waals surface area contributed by atoms with Crippen molar-refractivity contribution >= 4 is 30.3 Å². The van der Waals surface area contributed by atoms with Crippen LogP contribution in [0.15, 0.2) is 18.3 Å². The maximum Gasteiger partial charge on any atom is 0.337 e. The molecule has 1 atom stereocenters. The molecule has 1 unspecified atom stereocenters. The first-order chi connectivity index (χ1) is 7.58. The average molecular weight is 238 g/mol. The number of carboxylic acid groups (broad SMARTS) is 1. The summed E-state index contributed by atoms with van der Waals surface area (Å²) in [6.07, 6.45) is 1.64. The molecule has 1 saturated heterocycles. The lowest BCUT2D eigenvalue weighted by Crippen LogP contribution is -2.25. The summed E-state index contributed by atoms with van der Waals surface area (Å²) in [6.45, 7) is 0.515. The molecule has 1 N–H and O–H groups in total. The van der Waals surface area contributed by atoms with Crippen molar-refractivity contribution in [1.29, 1.82) is 0 Å². The molecule has 1 amide bonds. The van der Waals surface area contributed by atoms with Crippen LogP contribution in [0.5, 0.6) is 0 Å². The second-order valence-electron chi connectivity index (χ2n) is 3.57. The molecule has 1 aromatic heterocycles. The zero-order chi connectivity index (χ0) is 11.7. The summed E-state index contributed by atoms with van der Waals surface area (Å²) in [4.78, 5) is 27.6. The summed E-state index contributed by atoms with van der Waals surface area (Å²) in [5.74, 6) is -0.582. The van der Waals surface area contributed by atoms with E-state index in [1.165, 1.54) is 23.2 Å². The number of carbonyl (C=O) groups is 2. The number of thiol groups is 1. The van der Waals surface area contributed by atoms with Crippen LogP contribution in [0.2, 0.25) is 0 Å². The van der Waals surface area contributed by atoms with Crippen LogP contribution in [0.4, 0.5) is 5.82 Å². The number of carboxylic acids is 1. The lowest BCUT2D eigenvalue weighted by Gasteiger charge is -2.14. The van der Waals surface area contributed by atoms with Gasteiger partial charge in [-0.15, -0.1) is 0 Å². The molecular formula is C10H10N2O3S. The minimum atomic E-state index is -1.03. The van der Waals surface area contributed by atoms with Crippen LogP contribution in [-0.2, 0) is 4.79 Å². The number of hydrogen-bond donors (Lipinski definition) is 2. The smallest absolute Gasteiger partial charge is 0.337 e. The van der Waals surface area contributed by atoms with Gasteiger partial charge in [-0.1, -0.05) is 0 Å². The Morgan fingerprint density at radius 2 is 2.31 bits per heavy atom. The van der Waals surface area contributed by atoms with E-state index < -0.39 is 5.97 Å². The molecule has 2 heterocycles. The van der Waals surface area contributed by atoms with Gasteiger partial charge in [-0.25, -0.2) is 9.78 Å². The normalized spacial score (nSPS) is 20.2. The van der Waals surface area contributed by atoms with E-state index in [0.717, 1.165) is 0 Å². The summed E-state index contributed by atoms with van der Waals surface area (Å²) in [6, 6.07) is 2.97. The number of anilines is 1. The van der Waals surface area contributed by atoms with Gasteiger partial charge in [0.15, 0.2) is 0 Å². The van der Waals surface area contributed by atoms with Gasteiger partial charge in [0.1, 0.15) is 5.82 Å². The van der Waals surface area contributed by atoms with Crippen molar-refractivity contribution in [3.63, 3.8) is 0 Å². The van der Waals surface area contributed by atoms with Gasteiger partial charge in [-0.3, -0.25) is 9.69 Å². The summed E-state index contributed by atoms with van der Waals surface area (Å²) in [7, 11) is 0. The molecule has 16 heavy (non-hydrogen) atoms. The van der Waals surface area contributed by atoms with Gasteiger partial charge < -0.3 is 5.11 Å². The largest absolute Gasteiger partial charge is 0.478 e. The number of pyridine rings is 1. The molecular weight excluding hydrogens is 228 g/mol. The third kappa shape index (κ3) is 2.01. The van der Waals surface area contributed by atoms with Crippen LogP contribution < -0.4 is 4.90 Å². The predicted octanol–water partition coefficient (Wildman–Crippen LogP) is 0.815. The monoisotopic (exact) mass is 238 g/mol. The van der Waals surface area contributed by atoms with Crippen molar-refractivity contribution in [2.45, 2.75) is 11.7 Å². The highest BCUT2D eigenvalue weighted by Crippen LogP contribution is 2.22. The lowest BCUT2D eigenvalue weighted by atomic mass is 10.3. The van der Waals surface area contributed by atoms with Crippen LogP contribution >= 0.6 is 12.6 Å². The first kappa shape index (κ1) is 10.9. The highest BCUT2D eigenvalue weighted by molar-refractivity contribution is 7.81. The Morgan fingerprint density at radius 3 is 2.75 bits per heavy atom. The number of aromatic carboxylic acids is 1. The number of aromatic nitrogens is 1. The van der Waals surface area contributed by atoms with E-state index in [0.29, 0.717) is 18.8 Å². The molecule has 1 aromatic rings. The molecule has 0 aromatic carbocycles. The van der Waals surface area contributed by atoms with Gasteiger partial charge >= 0.3 is 5.97 Å². The molecule has 2 rings (SSSR count). The van der Waals surface area contributed by atoms with Crippen molar-refractivity contribution < 1.29 is 14.7 Å². The first-order valence-electron chi connectivity index (χ1n) is 4.75. The van der Waals surface area contributed by atoms with E-state index in [9.17, 15) is 9.59 Å². The third-order valence-corrected chi connectivity index (χ3v) is 2.72. The topological polar surface area (TPSA) is 70.5 Å². The van der Waals surface area contributed by atoms with E-state index in [1.807, 2.05) is 0 Å². The van der Waals surface area contributed by atoms with Crippen LogP contribution in [0.1, 0.15) is 16.8 Å². The molecule has 1 aliphatic heterocycles. The van der Waals surface area contributed by atoms with Gasteiger partial charge in [0, 0.05) is 24.4 Å². The van der Waals surface area contributed by atoms with E-state index in [1.54, 1.807) is 0 Å². The summed E-state index contributed by atoms with van der Waals surface area (Å²) < 4.78 is 0. The Hall–Kier alpha value is -1.56. The highest BCUT2D eigenvalue weighted by Gasteiger charge is 2.28. The number of nitrogens with zero attached hydrogens (tertiary/aromatic N) is 2. The van der Waals surface area contributed by atoms with E-state index in [2.05, 4.69) is 17.6 Å². The second-order valence-corrected chi connectivity index (χ2v) is 4.30. The maximum absolute atomic E-state index is 11.5. The van der Waals surface area contributed by atoms with Gasteiger partial charge in [0.05, 0.1) is 5.56 Å². The molecule has 6 heteroatoms. The molecule has 0 bridgehead atoms. The minimum Gasteiger partial charge on any atom is -0.478 e. The number of carbonyl (C=O) groups excluding carboxylic acids is 1. The fourth-order valence-electron chi connectivity index (χ4n) is 1.58. The van der Waals surface area contributed by atoms with Crippen LogP contribution in [0.3, 0.4) is 0 Å². The highest BCUT2D eigenvalue weighted by atomic mass is 32.1. The van der Waals surface area contributed by atoms with Crippen molar-refractivity contribution in [2.24, 2.45) is 0 Å². The Balaban J connectivity index is 2.22. The van der Waals surface area contributed by atoms with Crippen molar-refractivity contribution in [2.75, 3.05) is 11.4 Å². The fourth-order valence-corrected chi connectivity index (χ4v) is 1.90. The van der Waals surface area contributed by atoms with Crippen molar-refractivity contribution in [1.82, 2.24) is 4.98 Å². The Morgan fingerprint density at radius 1 is 1.56 bits per heavy atom. The van der Waals surface area contributed by atoms with Gasteiger partial charge in [-0.05, 0) is 12.1 Å². The van der Waals surface area contributed by atoms with Crippen LogP contribution in [0.25, 0.3) is 0 Å². The van der Waals surface area contributed by atoms with E-state index in [4.69, 9.17) is 5.11 Å². The molecule has 84 valence electrons. The molecule has 0 saturated carbocycles. The quantitative estimate of drug-likeness (QED) is 0.748. The minimum absolute atomic E-state index is 0.0217. The Bertz CT molecular complexity index is 432. The molecule has 5 nitrogen and oxygen atoms in total. The van der Waals surface area contributed by atoms with Gasteiger partial charge in [-0.2, -0.15) is 12.6 Å². The Labute approximate surface area is 97.5 Å². The van der Waals surface area contributed by atoms with Crippen molar-refractivity contribution in [3.05, 3.63) is 23.9 Å². The van der Waals surface area contributed by atoms with Gasteiger partial charge in [0.2, 0.25) is 5.91 Å². The number of hydrogen-bond acceptors (Lipinski definition) is 4. The summed E-state index contributed by atoms with van der Waals surface area (Å²) >= 11 is 4.23. The summed E-state index contributed by atoms with van der Waals surface area (Å²) in [5, 5.41) is 8.72. The Kier molecular flexibility index (Phi) is 2.82. The SMILES string of the molecule is O=C(O)c1ccc(N2CC(S)CC2=O)nc1. The molecule has 0 aliphatic carbocycles. The van der Waals surface area contributed by atoms with E-state index in [-0.39, 0.29) is 16.7 Å². The van der Waals surface area contributed by atoms with Crippen LogP contribution in [-0.4, -0.2) is 33.8 Å². The van der Waals surface area contributed by atoms with E-state index >= 15 is 0 Å². The lowest BCUT2D eigenvalue weighted by molar-refractivity contribution is -0.117. The summed E-state index contributed by atoms with van der Waals surface area (Å²) in [5.41, 5.74) is 0.109. The zero-order valence-corrected chi connectivity index (χ0v) is 9.22. The second kappa shape index (κ2) is 4.13. The average Bonchev–Trinajstić information content (AvgIpc) is 2.58. The predicted molar refractivity (Wildman–Crippen MR) is 60.9 cm³/mol. The number of amides is 1. The maximum atomic E-state index is 11.5. The van der Waals surface area contributed by atoms with Crippen LogP contribution in [0, 0.1) is 0 Å². The third-order valence-electron chi connectivity index (χ3n) is 2.38. The molecule has 1 fully saturated rings.